The Hall–Kier alpha value is -3.29. The Morgan fingerprint density at radius 2 is 2.03 bits per heavy atom. The molecule has 6 rings (SSSR count). The first-order valence-electron chi connectivity index (χ1n) is 12.0. The molecule has 2 aliphatic rings. The van der Waals surface area contributed by atoms with E-state index in [0.717, 1.165) is 16.9 Å². The van der Waals surface area contributed by atoms with Crippen LogP contribution in [0.15, 0.2) is 52.6 Å². The number of hydrogen-bond acceptors (Lipinski definition) is 8. The second kappa shape index (κ2) is 8.92. The molecule has 4 aromatic rings. The van der Waals surface area contributed by atoms with E-state index >= 15 is 0 Å². The second-order valence-corrected chi connectivity index (χ2v) is 12.0. The Bertz CT molecular complexity index is 1560. The molecule has 37 heavy (non-hydrogen) atoms. The number of aromatic nitrogens is 6. The minimum atomic E-state index is -3.95. The maximum atomic E-state index is 14.0. The van der Waals surface area contributed by atoms with Gasteiger partial charge >= 0.3 is 0 Å². The number of Topliss-reactive ketones (excluding diaryl/α,β-unsaturated/α-hetero) is 1. The van der Waals surface area contributed by atoms with Crippen LogP contribution in [0, 0.1) is 17.2 Å². The largest absolute Gasteiger partial charge is 0.292 e. The molecule has 0 amide bonds. The number of nitrogens with zero attached hydrogens (tertiary/aromatic N) is 7. The van der Waals surface area contributed by atoms with Crippen LogP contribution in [-0.4, -0.2) is 61.4 Å². The number of carbonyl (C=O) groups excluding carboxylic acids is 1. The number of halogens is 1. The number of ketones is 1. The van der Waals surface area contributed by atoms with Crippen LogP contribution in [0.4, 0.5) is 4.39 Å². The molecule has 1 aliphatic heterocycles. The lowest BCUT2D eigenvalue weighted by Crippen LogP contribution is -2.57. The second-order valence-electron chi connectivity index (χ2n) is 9.44. The summed E-state index contributed by atoms with van der Waals surface area (Å²) in [6.45, 7) is 2.56. The number of fused-ring (bicyclic) bond motifs is 2. The van der Waals surface area contributed by atoms with Crippen molar-refractivity contribution in [1.29, 1.82) is 0 Å². The van der Waals surface area contributed by atoms with Crippen molar-refractivity contribution in [3.8, 4) is 5.69 Å². The molecule has 0 radical (unpaired) electrons. The van der Waals surface area contributed by atoms with Gasteiger partial charge in [-0.1, -0.05) is 0 Å². The van der Waals surface area contributed by atoms with Crippen molar-refractivity contribution in [3.05, 3.63) is 70.3 Å². The molecular weight excluding hydrogens is 517 g/mol. The first-order valence-corrected chi connectivity index (χ1v) is 14.3. The summed E-state index contributed by atoms with van der Waals surface area (Å²) >= 11 is 1.33. The van der Waals surface area contributed by atoms with Crippen LogP contribution in [0.3, 0.4) is 0 Å². The monoisotopic (exact) mass is 541 g/mol. The zero-order valence-electron chi connectivity index (χ0n) is 20.0. The fourth-order valence-electron chi connectivity index (χ4n) is 5.55. The smallest absolute Gasteiger partial charge is 0.264 e. The standard InChI is InChI=1S/C24H24FN7O3S2/c1-2-31-27-12-22(29-31)37(34,35)30-8-7-17-9-21-16(11-28-32(21)19-5-3-18(25)4-6-19)10-24(17,14-30)23(33)20-13-36-15-26-20/h3-6,11-13,15,17H,2,7-10,14H2,1H3. The van der Waals surface area contributed by atoms with Crippen LogP contribution in [-0.2, 0) is 29.4 Å². The summed E-state index contributed by atoms with van der Waals surface area (Å²) in [5.41, 5.74) is 3.53. The van der Waals surface area contributed by atoms with Crippen molar-refractivity contribution in [3.63, 3.8) is 0 Å². The highest BCUT2D eigenvalue weighted by atomic mass is 32.2. The Kier molecular flexibility index (Phi) is 5.81. The van der Waals surface area contributed by atoms with Gasteiger partial charge in [-0.05, 0) is 61.9 Å². The molecule has 3 aromatic heterocycles. The summed E-state index contributed by atoms with van der Waals surface area (Å²) < 4.78 is 43.7. The van der Waals surface area contributed by atoms with Gasteiger partial charge in [-0.2, -0.15) is 19.3 Å². The molecule has 13 heteroatoms. The van der Waals surface area contributed by atoms with Crippen LogP contribution in [0.25, 0.3) is 5.69 Å². The number of benzene rings is 1. The maximum Gasteiger partial charge on any atom is 0.264 e. The van der Waals surface area contributed by atoms with Crippen molar-refractivity contribution in [2.45, 2.75) is 37.8 Å². The number of aryl methyl sites for hydroxylation is 1. The lowest BCUT2D eigenvalue weighted by atomic mass is 9.60. The topological polar surface area (TPSA) is 116 Å². The van der Waals surface area contributed by atoms with Gasteiger partial charge in [0, 0.05) is 24.2 Å². The highest BCUT2D eigenvalue weighted by Gasteiger charge is 2.55. The number of carbonyl (C=O) groups is 1. The molecule has 1 aromatic carbocycles. The van der Waals surface area contributed by atoms with Gasteiger partial charge in [-0.15, -0.1) is 16.4 Å². The van der Waals surface area contributed by atoms with Gasteiger partial charge < -0.3 is 0 Å². The molecule has 0 saturated carbocycles. The zero-order chi connectivity index (χ0) is 25.8. The average molecular weight is 542 g/mol. The van der Waals surface area contributed by atoms with Crippen molar-refractivity contribution in [2.75, 3.05) is 13.1 Å². The minimum Gasteiger partial charge on any atom is -0.292 e. The molecule has 1 aliphatic carbocycles. The van der Waals surface area contributed by atoms with Crippen LogP contribution in [0.5, 0.6) is 0 Å². The van der Waals surface area contributed by atoms with E-state index in [1.54, 1.807) is 33.9 Å². The van der Waals surface area contributed by atoms with E-state index in [9.17, 15) is 17.6 Å². The zero-order valence-corrected chi connectivity index (χ0v) is 21.6. The molecule has 2 unspecified atom stereocenters. The molecule has 0 bridgehead atoms. The minimum absolute atomic E-state index is 0.0243. The van der Waals surface area contributed by atoms with Crippen LogP contribution < -0.4 is 0 Å². The van der Waals surface area contributed by atoms with Crippen LogP contribution in [0.1, 0.15) is 35.1 Å². The van der Waals surface area contributed by atoms with Gasteiger partial charge in [-0.3, -0.25) is 4.79 Å². The first kappa shape index (κ1) is 24.1. The predicted octanol–water partition coefficient (Wildman–Crippen LogP) is 2.76. The van der Waals surface area contributed by atoms with Gasteiger partial charge in [0.25, 0.3) is 10.0 Å². The Labute approximate surface area is 216 Å². The Balaban J connectivity index is 1.40. The van der Waals surface area contributed by atoms with Gasteiger partial charge in [-0.25, -0.2) is 22.5 Å². The third-order valence-corrected chi connectivity index (χ3v) is 9.75. The van der Waals surface area contributed by atoms with E-state index in [1.165, 1.54) is 38.8 Å². The maximum absolute atomic E-state index is 14.0. The van der Waals surface area contributed by atoms with E-state index in [4.69, 9.17) is 0 Å². The lowest BCUT2D eigenvalue weighted by Gasteiger charge is -2.48. The number of hydrogen-bond donors (Lipinski definition) is 0. The molecule has 2 atom stereocenters. The van der Waals surface area contributed by atoms with Gasteiger partial charge in [0.1, 0.15) is 11.5 Å². The third-order valence-electron chi connectivity index (χ3n) is 7.46. The highest BCUT2D eigenvalue weighted by molar-refractivity contribution is 7.89. The third kappa shape index (κ3) is 3.92. The van der Waals surface area contributed by atoms with E-state index in [-0.39, 0.29) is 35.6 Å². The van der Waals surface area contributed by atoms with Gasteiger partial charge in [0.05, 0.1) is 35.6 Å². The molecule has 0 spiro atoms. The summed E-state index contributed by atoms with van der Waals surface area (Å²) in [4.78, 5) is 19.6. The molecule has 1 saturated heterocycles. The average Bonchev–Trinajstić information content (AvgIpc) is 3.68. The predicted molar refractivity (Wildman–Crippen MR) is 132 cm³/mol. The fraction of sp³-hybridized carbons (Fsp3) is 0.375. The number of piperidine rings is 1. The van der Waals surface area contributed by atoms with Gasteiger partial charge in [0.2, 0.25) is 5.03 Å². The normalized spacial score (nSPS) is 21.9. The van der Waals surface area contributed by atoms with Crippen LogP contribution >= 0.6 is 11.3 Å². The summed E-state index contributed by atoms with van der Waals surface area (Å²) in [6.07, 6.45) is 4.35. The molecule has 192 valence electrons. The fourth-order valence-corrected chi connectivity index (χ4v) is 7.47. The van der Waals surface area contributed by atoms with Gasteiger partial charge in [0.15, 0.2) is 5.78 Å². The number of sulfonamides is 1. The molecular formula is C24H24FN7O3S2. The Morgan fingerprint density at radius 1 is 1.22 bits per heavy atom. The Morgan fingerprint density at radius 3 is 2.73 bits per heavy atom. The number of thiazole rings is 1. The van der Waals surface area contributed by atoms with Crippen molar-refractivity contribution in [1.82, 2.24) is 34.1 Å². The van der Waals surface area contributed by atoms with E-state index in [1.807, 2.05) is 6.92 Å². The van der Waals surface area contributed by atoms with Crippen molar-refractivity contribution >= 4 is 27.1 Å². The quantitative estimate of drug-likeness (QED) is 0.345. The lowest BCUT2D eigenvalue weighted by molar-refractivity contribution is 0.0394. The summed E-state index contributed by atoms with van der Waals surface area (Å²) in [5, 5.41) is 14.3. The van der Waals surface area contributed by atoms with Crippen molar-refractivity contribution in [2.24, 2.45) is 11.3 Å². The number of rotatable bonds is 6. The van der Waals surface area contributed by atoms with E-state index in [2.05, 4.69) is 20.3 Å². The summed E-state index contributed by atoms with van der Waals surface area (Å²) in [7, 11) is -3.95. The highest BCUT2D eigenvalue weighted by Crippen LogP contribution is 2.48. The molecule has 0 N–H and O–H groups in total. The van der Waals surface area contributed by atoms with E-state index < -0.39 is 15.4 Å². The summed E-state index contributed by atoms with van der Waals surface area (Å²) in [6, 6.07) is 6.12. The molecule has 1 fully saturated rings. The van der Waals surface area contributed by atoms with E-state index in [0.29, 0.717) is 31.5 Å². The van der Waals surface area contributed by atoms with Crippen molar-refractivity contribution < 1.29 is 17.6 Å². The summed E-state index contributed by atoms with van der Waals surface area (Å²) in [5.74, 6) is -0.607. The first-order chi connectivity index (χ1) is 17.8. The molecule has 4 heterocycles. The molecule has 10 nitrogen and oxygen atoms in total. The van der Waals surface area contributed by atoms with Crippen LogP contribution in [0.2, 0.25) is 0 Å². The SMILES string of the molecule is CCn1ncc(S(=O)(=O)N2CCC3Cc4c(cnn4-c4ccc(F)cc4)CC3(C(=O)c3cscn3)C2)n1.